The summed E-state index contributed by atoms with van der Waals surface area (Å²) in [5.41, 5.74) is 0.627. The summed E-state index contributed by atoms with van der Waals surface area (Å²) >= 11 is 0. The smallest absolute Gasteiger partial charge is 0.309 e. The Morgan fingerprint density at radius 1 is 0.808 bits per heavy atom. The van der Waals surface area contributed by atoms with Gasteiger partial charge in [-0.25, -0.2) is 0 Å². The lowest BCUT2D eigenvalue weighted by Gasteiger charge is -2.61. The van der Waals surface area contributed by atoms with Gasteiger partial charge < -0.3 is 10.1 Å². The first-order chi connectivity index (χ1) is 24.9. The largest absolute Gasteiger partial charge is 0.462 e. The molecule has 9 unspecified atom stereocenters. The minimum Gasteiger partial charge on any atom is -0.462 e. The number of allylic oxidation sites excluding steroid dienone is 9. The minimum absolute atomic E-state index is 0.0423. The number of hydrogen-bond donors (Lipinski definition) is 2. The maximum atomic E-state index is 12.8. The van der Waals surface area contributed by atoms with E-state index in [9.17, 15) is 18.0 Å². The van der Waals surface area contributed by atoms with Crippen LogP contribution in [0.15, 0.2) is 60.8 Å². The predicted octanol–water partition coefficient (Wildman–Crippen LogP) is 10.1. The number of ether oxygens (including phenoxy) is 1. The summed E-state index contributed by atoms with van der Waals surface area (Å²) < 4.78 is 36.9. The van der Waals surface area contributed by atoms with E-state index in [4.69, 9.17) is 9.29 Å². The maximum Gasteiger partial charge on any atom is 0.309 e. The zero-order valence-electron chi connectivity index (χ0n) is 32.6. The molecule has 0 heterocycles. The van der Waals surface area contributed by atoms with E-state index in [-0.39, 0.29) is 24.5 Å². The number of carbonyl (C=O) groups is 2. The molecule has 0 radical (unpaired) electrons. The normalized spacial score (nSPS) is 32.8. The summed E-state index contributed by atoms with van der Waals surface area (Å²) in [6, 6.07) is 0. The average Bonchev–Trinajstić information content (AvgIpc) is 3.46. The third kappa shape index (κ3) is 12.0. The standard InChI is InChI=1S/C44H69NO6S/c1-5-6-7-8-9-10-11-12-13-14-15-16-17-18-19-20-42(47)51-36-27-29-43(3)35(33-36)22-23-37-39-25-24-38(44(39,4)30-28-40(37)43)34(2)21-26-41(46)45-31-32-52(48,49)50/h6-7,9-10,12-13,15-16,18-19,34-40H,5,8,11,14,17,20-33H2,1-4H3,(H,45,46)(H,48,49,50)/b7-6-,10-9-,13-12-,16-15-,19-18-. The van der Waals surface area contributed by atoms with E-state index < -0.39 is 15.9 Å². The van der Waals surface area contributed by atoms with E-state index in [0.717, 1.165) is 75.5 Å². The third-order valence-electron chi connectivity index (χ3n) is 13.6. The molecule has 0 aliphatic heterocycles. The molecular formula is C44H69NO6S. The summed E-state index contributed by atoms with van der Waals surface area (Å²) in [6.45, 7) is 9.50. The van der Waals surface area contributed by atoms with Crippen LogP contribution >= 0.6 is 0 Å². The first-order valence-electron chi connectivity index (χ1n) is 20.5. The van der Waals surface area contributed by atoms with Crippen LogP contribution in [0.25, 0.3) is 0 Å². The third-order valence-corrected chi connectivity index (χ3v) is 14.3. The minimum atomic E-state index is -4.07. The zero-order chi connectivity index (χ0) is 37.6. The molecule has 0 spiro atoms. The average molecular weight is 740 g/mol. The monoisotopic (exact) mass is 739 g/mol. The van der Waals surface area contributed by atoms with Crippen molar-refractivity contribution in [3.8, 4) is 0 Å². The van der Waals surface area contributed by atoms with Crippen LogP contribution in [0.1, 0.15) is 137 Å². The molecule has 0 aromatic heterocycles. The number of fused-ring (bicyclic) bond motifs is 5. The quantitative estimate of drug-likeness (QED) is 0.0776. The van der Waals surface area contributed by atoms with Crippen LogP contribution in [0.2, 0.25) is 0 Å². The van der Waals surface area contributed by atoms with Gasteiger partial charge in [-0.2, -0.15) is 8.42 Å². The Hall–Kier alpha value is -2.45. The predicted molar refractivity (Wildman–Crippen MR) is 212 cm³/mol. The van der Waals surface area contributed by atoms with Crippen molar-refractivity contribution < 1.29 is 27.3 Å². The number of nitrogens with one attached hydrogen (secondary N) is 1. The number of esters is 1. The molecule has 292 valence electrons. The van der Waals surface area contributed by atoms with Gasteiger partial charge in [0.2, 0.25) is 5.91 Å². The summed E-state index contributed by atoms with van der Waals surface area (Å²) in [6.07, 6.45) is 38.6. The fraction of sp³-hybridized carbons (Fsp3) is 0.727. The van der Waals surface area contributed by atoms with Crippen LogP contribution in [-0.2, 0) is 24.4 Å². The molecule has 2 N–H and O–H groups in total. The van der Waals surface area contributed by atoms with Gasteiger partial charge in [0, 0.05) is 13.0 Å². The van der Waals surface area contributed by atoms with Crippen LogP contribution in [0, 0.1) is 46.3 Å². The van der Waals surface area contributed by atoms with Gasteiger partial charge in [0.25, 0.3) is 10.1 Å². The number of hydrogen-bond acceptors (Lipinski definition) is 5. The van der Waals surface area contributed by atoms with Gasteiger partial charge in [0.05, 0.1) is 12.2 Å². The highest BCUT2D eigenvalue weighted by molar-refractivity contribution is 7.85. The van der Waals surface area contributed by atoms with E-state index in [2.05, 4.69) is 87.7 Å². The van der Waals surface area contributed by atoms with Crippen LogP contribution < -0.4 is 5.32 Å². The molecule has 4 aliphatic rings. The Kier molecular flexibility index (Phi) is 16.5. The van der Waals surface area contributed by atoms with Gasteiger partial charge in [0.15, 0.2) is 0 Å². The Morgan fingerprint density at radius 2 is 1.40 bits per heavy atom. The Bertz CT molecular complexity index is 1410. The van der Waals surface area contributed by atoms with Gasteiger partial charge in [-0.15, -0.1) is 0 Å². The molecule has 7 nitrogen and oxygen atoms in total. The van der Waals surface area contributed by atoms with Crippen molar-refractivity contribution in [3.05, 3.63) is 60.8 Å². The number of rotatable bonds is 19. The van der Waals surface area contributed by atoms with Gasteiger partial charge in [0.1, 0.15) is 6.10 Å². The molecule has 0 aromatic carbocycles. The molecule has 0 aromatic rings. The van der Waals surface area contributed by atoms with Gasteiger partial charge in [-0.3, -0.25) is 14.1 Å². The lowest BCUT2D eigenvalue weighted by Crippen LogP contribution is -2.54. The fourth-order valence-corrected chi connectivity index (χ4v) is 11.3. The second-order valence-corrected chi connectivity index (χ2v) is 18.4. The molecule has 4 saturated carbocycles. The summed E-state index contributed by atoms with van der Waals surface area (Å²) in [4.78, 5) is 25.1. The van der Waals surface area contributed by atoms with Crippen molar-refractivity contribution in [2.75, 3.05) is 12.3 Å². The maximum absolute atomic E-state index is 12.8. The van der Waals surface area contributed by atoms with E-state index in [1.165, 1.54) is 38.5 Å². The highest BCUT2D eigenvalue weighted by Gasteiger charge is 2.60. The van der Waals surface area contributed by atoms with Gasteiger partial charge >= 0.3 is 5.97 Å². The molecule has 8 heteroatoms. The first kappa shape index (κ1) is 42.3. The first-order valence-corrected chi connectivity index (χ1v) is 22.1. The molecule has 4 fully saturated rings. The van der Waals surface area contributed by atoms with Crippen molar-refractivity contribution in [2.24, 2.45) is 46.3 Å². The molecule has 9 atom stereocenters. The van der Waals surface area contributed by atoms with E-state index in [1.807, 2.05) is 6.08 Å². The zero-order valence-corrected chi connectivity index (χ0v) is 33.5. The van der Waals surface area contributed by atoms with Crippen molar-refractivity contribution in [2.45, 2.75) is 143 Å². The summed E-state index contributed by atoms with van der Waals surface area (Å²) in [5, 5.41) is 2.65. The summed E-state index contributed by atoms with van der Waals surface area (Å²) in [7, 11) is -4.07. The molecule has 0 bridgehead atoms. The molecule has 0 saturated heterocycles. The Labute approximate surface area is 316 Å². The second-order valence-electron chi connectivity index (χ2n) is 16.8. The SMILES string of the molecule is CC/C=C\C/C=C\C/C=C\C/C=C\C/C=C\CC(=O)OC1CCC2(C)C(CCC3C2CCC2(C)C(C(C)CCC(=O)NCCS(=O)(=O)O)CCC32)C1. The highest BCUT2D eigenvalue weighted by Crippen LogP contribution is 2.68. The summed E-state index contributed by atoms with van der Waals surface area (Å²) in [5.74, 6) is 3.21. The van der Waals surface area contributed by atoms with Gasteiger partial charge in [-0.1, -0.05) is 88.5 Å². The van der Waals surface area contributed by atoms with Crippen LogP contribution in [0.4, 0.5) is 0 Å². The molecule has 4 aliphatic carbocycles. The lowest BCUT2D eigenvalue weighted by atomic mass is 9.44. The number of amides is 1. The fourth-order valence-electron chi connectivity index (χ4n) is 10.9. The van der Waals surface area contributed by atoms with Crippen molar-refractivity contribution in [1.82, 2.24) is 5.32 Å². The topological polar surface area (TPSA) is 110 Å². The van der Waals surface area contributed by atoms with Crippen molar-refractivity contribution in [3.63, 3.8) is 0 Å². The lowest BCUT2D eigenvalue weighted by molar-refractivity contribution is -0.161. The molecule has 52 heavy (non-hydrogen) atoms. The van der Waals surface area contributed by atoms with Crippen molar-refractivity contribution in [1.29, 1.82) is 0 Å². The Morgan fingerprint density at radius 3 is 2.04 bits per heavy atom. The van der Waals surface area contributed by atoms with E-state index in [0.29, 0.717) is 41.4 Å². The van der Waals surface area contributed by atoms with E-state index in [1.54, 1.807) is 0 Å². The van der Waals surface area contributed by atoms with Crippen LogP contribution in [-0.4, -0.2) is 43.2 Å². The second kappa shape index (κ2) is 20.3. The van der Waals surface area contributed by atoms with Gasteiger partial charge in [-0.05, 0) is 143 Å². The van der Waals surface area contributed by atoms with Crippen LogP contribution in [0.5, 0.6) is 0 Å². The number of carbonyl (C=O) groups excluding carboxylic acids is 2. The van der Waals surface area contributed by atoms with Crippen molar-refractivity contribution >= 4 is 22.0 Å². The molecule has 4 rings (SSSR count). The molecular weight excluding hydrogens is 671 g/mol. The van der Waals surface area contributed by atoms with Crippen LogP contribution in [0.3, 0.4) is 0 Å². The highest BCUT2D eigenvalue weighted by atomic mass is 32.2. The Balaban J connectivity index is 1.16. The van der Waals surface area contributed by atoms with E-state index >= 15 is 0 Å². The molecule has 1 amide bonds.